The molecule has 0 amide bonds. The smallest absolute Gasteiger partial charge is 0.377 e. The van der Waals surface area contributed by atoms with E-state index in [1.54, 1.807) is 46.6 Å². The van der Waals surface area contributed by atoms with Gasteiger partial charge in [-0.05, 0) is 65.8 Å². The third kappa shape index (κ3) is 8.85. The van der Waals surface area contributed by atoms with Crippen molar-refractivity contribution in [1.82, 2.24) is 0 Å². The van der Waals surface area contributed by atoms with E-state index < -0.39 is 5.97 Å². The summed E-state index contributed by atoms with van der Waals surface area (Å²) >= 11 is 0. The van der Waals surface area contributed by atoms with Crippen molar-refractivity contribution in [3.8, 4) is 57.8 Å². The molecule has 1 heterocycles. The first-order valence-corrected chi connectivity index (χ1v) is 16.0. The van der Waals surface area contributed by atoms with E-state index in [2.05, 4.69) is 11.8 Å². The Morgan fingerprint density at radius 3 is 1.96 bits per heavy atom. The van der Waals surface area contributed by atoms with Crippen LogP contribution in [0, 0.1) is 11.8 Å². The van der Waals surface area contributed by atoms with Gasteiger partial charge in [0.15, 0.2) is 46.5 Å². The van der Waals surface area contributed by atoms with Crippen LogP contribution >= 0.6 is 0 Å². The maximum absolute atomic E-state index is 13.4. The Morgan fingerprint density at radius 2 is 1.33 bits per heavy atom. The van der Waals surface area contributed by atoms with Gasteiger partial charge in [-0.2, -0.15) is 0 Å². The molecule has 0 radical (unpaired) electrons. The largest absolute Gasteiger partial charge is 0.493 e. The fourth-order valence-corrected chi connectivity index (χ4v) is 5.18. The number of fused-ring (bicyclic) bond motifs is 1. The van der Waals surface area contributed by atoms with Crippen LogP contribution in [0.3, 0.4) is 0 Å². The zero-order valence-electron chi connectivity index (χ0n) is 29.5. The van der Waals surface area contributed by atoms with Gasteiger partial charge < -0.3 is 37.9 Å². The molecule has 3 aromatic carbocycles. The SMILES string of the molecule is COc1cc(C#Cc2cc(OC)c(OC(C)C)cc2OC(=O)C[N+]2=Cc3cc(OC)c(OC)c(OC(C)C)c3CC2)ccc1OC(C)C. The van der Waals surface area contributed by atoms with E-state index in [9.17, 15) is 4.79 Å². The Morgan fingerprint density at radius 1 is 0.688 bits per heavy atom. The topological polar surface area (TPSA) is 93.9 Å². The van der Waals surface area contributed by atoms with Crippen LogP contribution in [-0.2, 0) is 11.2 Å². The lowest BCUT2D eigenvalue weighted by atomic mass is 9.99. The number of hydrogen-bond acceptors (Lipinski definition) is 9. The molecule has 1 aliphatic rings. The highest BCUT2D eigenvalue weighted by Gasteiger charge is 2.28. The summed E-state index contributed by atoms with van der Waals surface area (Å²) in [6.07, 6.45) is 2.35. The third-order valence-corrected chi connectivity index (χ3v) is 7.14. The molecule has 0 saturated carbocycles. The van der Waals surface area contributed by atoms with E-state index in [-0.39, 0.29) is 30.6 Å². The standard InChI is InChI=1S/C38H46NO9/c1-23(2)45-30-14-12-26(17-32(30)41-7)11-13-27-18-33(42-8)34(46-24(3)4)20-31(27)48-36(40)22-39-16-15-29-28(21-39)19-35(43-9)38(44-10)37(29)47-25(5)6/h12,14,17-21,23-25H,15-16,22H2,1-10H3/q+1. The molecule has 0 aliphatic carbocycles. The molecule has 0 fully saturated rings. The lowest BCUT2D eigenvalue weighted by Gasteiger charge is -2.22. The average molecular weight is 661 g/mol. The molecule has 1 aliphatic heterocycles. The molecule has 0 unspecified atom stereocenters. The van der Waals surface area contributed by atoms with Gasteiger partial charge in [-0.1, -0.05) is 11.8 Å². The van der Waals surface area contributed by atoms with E-state index in [1.165, 1.54) is 0 Å². The minimum Gasteiger partial charge on any atom is -0.493 e. The minimum absolute atomic E-state index is 0.00192. The fraction of sp³-hybridized carbons (Fsp3) is 0.421. The van der Waals surface area contributed by atoms with Gasteiger partial charge in [0.25, 0.3) is 0 Å². The quantitative estimate of drug-likeness (QED) is 0.0937. The summed E-state index contributed by atoms with van der Waals surface area (Å²) in [4.78, 5) is 13.4. The van der Waals surface area contributed by atoms with Gasteiger partial charge in [-0.25, -0.2) is 9.37 Å². The second-order valence-corrected chi connectivity index (χ2v) is 11.9. The Kier molecular flexibility index (Phi) is 12.1. The summed E-state index contributed by atoms with van der Waals surface area (Å²) in [5.41, 5.74) is 3.02. The molecule has 0 saturated heterocycles. The van der Waals surface area contributed by atoms with Crippen LogP contribution in [0.5, 0.6) is 46.0 Å². The van der Waals surface area contributed by atoms with Crippen LogP contribution in [0.1, 0.15) is 63.8 Å². The van der Waals surface area contributed by atoms with Gasteiger partial charge in [0.2, 0.25) is 12.3 Å². The Balaban J connectivity index is 1.66. The molecule has 0 spiro atoms. The summed E-state index contributed by atoms with van der Waals surface area (Å²) in [5.74, 6) is 9.94. The predicted molar refractivity (Wildman–Crippen MR) is 183 cm³/mol. The highest BCUT2D eigenvalue weighted by Crippen LogP contribution is 2.43. The Labute approximate surface area is 283 Å². The van der Waals surface area contributed by atoms with Gasteiger partial charge in [0.05, 0.1) is 52.3 Å². The molecule has 0 bridgehead atoms. The van der Waals surface area contributed by atoms with Crippen molar-refractivity contribution in [1.29, 1.82) is 0 Å². The van der Waals surface area contributed by atoms with Gasteiger partial charge in [0.1, 0.15) is 6.54 Å². The zero-order chi connectivity index (χ0) is 35.0. The second-order valence-electron chi connectivity index (χ2n) is 11.9. The van der Waals surface area contributed by atoms with Gasteiger partial charge >= 0.3 is 5.97 Å². The van der Waals surface area contributed by atoms with Crippen LogP contribution < -0.4 is 37.9 Å². The molecule has 48 heavy (non-hydrogen) atoms. The van der Waals surface area contributed by atoms with E-state index in [1.807, 2.05) is 70.5 Å². The molecule has 4 rings (SSSR count). The highest BCUT2D eigenvalue weighted by atomic mass is 16.5. The van der Waals surface area contributed by atoms with Gasteiger partial charge in [-0.3, -0.25) is 0 Å². The van der Waals surface area contributed by atoms with E-state index >= 15 is 0 Å². The van der Waals surface area contributed by atoms with Crippen molar-refractivity contribution in [2.45, 2.75) is 66.3 Å². The first-order valence-electron chi connectivity index (χ1n) is 16.0. The number of hydrogen-bond donors (Lipinski definition) is 0. The molecule has 0 aromatic heterocycles. The van der Waals surface area contributed by atoms with Crippen molar-refractivity contribution in [2.24, 2.45) is 0 Å². The molecular weight excluding hydrogens is 614 g/mol. The summed E-state index contributed by atoms with van der Waals surface area (Å²) in [7, 11) is 6.31. The maximum atomic E-state index is 13.4. The zero-order valence-corrected chi connectivity index (χ0v) is 29.5. The van der Waals surface area contributed by atoms with Crippen molar-refractivity contribution in [2.75, 3.05) is 41.5 Å². The summed E-state index contributed by atoms with van der Waals surface area (Å²) in [6, 6.07) is 10.7. The van der Waals surface area contributed by atoms with Crippen LogP contribution in [0.4, 0.5) is 0 Å². The number of rotatable bonds is 13. The van der Waals surface area contributed by atoms with E-state index in [0.717, 1.165) is 11.1 Å². The van der Waals surface area contributed by atoms with Gasteiger partial charge in [-0.15, -0.1) is 0 Å². The molecule has 256 valence electrons. The van der Waals surface area contributed by atoms with Crippen LogP contribution in [-0.4, -0.2) is 76.6 Å². The Bertz CT molecular complexity index is 1710. The van der Waals surface area contributed by atoms with Gasteiger partial charge in [0, 0.05) is 35.2 Å². The number of methoxy groups -OCH3 is 4. The maximum Gasteiger partial charge on any atom is 0.377 e. The lowest BCUT2D eigenvalue weighted by molar-refractivity contribution is -0.514. The van der Waals surface area contributed by atoms with Crippen molar-refractivity contribution < 1.29 is 47.3 Å². The number of nitrogens with zero attached hydrogens (tertiary/aromatic N) is 1. The van der Waals surface area contributed by atoms with Crippen molar-refractivity contribution >= 4 is 12.2 Å². The lowest BCUT2D eigenvalue weighted by Crippen LogP contribution is -2.30. The number of ether oxygens (including phenoxy) is 8. The Hall–Kier alpha value is -5.04. The molecular formula is C38H46NO9+. The fourth-order valence-electron chi connectivity index (χ4n) is 5.18. The van der Waals surface area contributed by atoms with Crippen molar-refractivity contribution in [3.63, 3.8) is 0 Å². The minimum atomic E-state index is -0.464. The summed E-state index contributed by atoms with van der Waals surface area (Å²) in [5, 5.41) is 0. The average Bonchev–Trinajstić information content (AvgIpc) is 3.03. The number of esters is 1. The molecule has 10 nitrogen and oxygen atoms in total. The number of benzene rings is 3. The molecule has 3 aromatic rings. The monoisotopic (exact) mass is 660 g/mol. The van der Waals surface area contributed by atoms with Crippen molar-refractivity contribution in [3.05, 3.63) is 58.7 Å². The molecule has 0 N–H and O–H groups in total. The first kappa shape index (κ1) is 35.8. The van der Waals surface area contributed by atoms with Crippen LogP contribution in [0.25, 0.3) is 0 Å². The summed E-state index contributed by atoms with van der Waals surface area (Å²) < 4.78 is 48.2. The van der Waals surface area contributed by atoms with Crippen LogP contribution in [0.2, 0.25) is 0 Å². The second kappa shape index (κ2) is 16.2. The molecule has 10 heteroatoms. The van der Waals surface area contributed by atoms with E-state index in [0.29, 0.717) is 64.3 Å². The predicted octanol–water partition coefficient (Wildman–Crippen LogP) is 6.08. The van der Waals surface area contributed by atoms with E-state index in [4.69, 9.17) is 37.9 Å². The van der Waals surface area contributed by atoms with Crippen LogP contribution in [0.15, 0.2) is 36.4 Å². The number of carbonyl (C=O) groups excluding carboxylic acids is 1. The molecule has 0 atom stereocenters. The normalized spacial score (nSPS) is 12.1. The third-order valence-electron chi connectivity index (χ3n) is 7.14. The first-order chi connectivity index (χ1) is 23.0. The summed E-state index contributed by atoms with van der Waals surface area (Å²) in [6.45, 7) is 12.2. The highest BCUT2D eigenvalue weighted by molar-refractivity contribution is 5.84. The number of carbonyl (C=O) groups is 1.